The Bertz CT molecular complexity index is 495. The Balaban J connectivity index is 1.72. The Labute approximate surface area is 117 Å². The first-order valence-corrected chi connectivity index (χ1v) is 7.90. The first-order chi connectivity index (χ1) is 9.17. The van der Waals surface area contributed by atoms with Gasteiger partial charge >= 0.3 is 0 Å². The van der Waals surface area contributed by atoms with Gasteiger partial charge in [-0.25, -0.2) is 4.39 Å². The minimum absolute atomic E-state index is 0.00209. The molecule has 1 aromatic rings. The zero-order chi connectivity index (χ0) is 13.3. The zero-order valence-corrected chi connectivity index (χ0v) is 12.0. The average Bonchev–Trinajstić information content (AvgIpc) is 3.00. The number of nitrogens with one attached hydrogen (secondary N) is 1. The Morgan fingerprint density at radius 2 is 2.16 bits per heavy atom. The van der Waals surface area contributed by atoms with Crippen molar-refractivity contribution in [3.05, 3.63) is 35.6 Å². The van der Waals surface area contributed by atoms with Gasteiger partial charge < -0.3 is 5.32 Å². The summed E-state index contributed by atoms with van der Waals surface area (Å²) in [6.07, 6.45) is 5.15. The molecular weight excluding hydrogens is 259 g/mol. The van der Waals surface area contributed by atoms with E-state index in [2.05, 4.69) is 5.32 Å². The predicted molar refractivity (Wildman–Crippen MR) is 79.0 cm³/mol. The molecule has 2 nitrogen and oxygen atoms in total. The van der Waals surface area contributed by atoms with Gasteiger partial charge in [-0.2, -0.15) is 0 Å². The summed E-state index contributed by atoms with van der Waals surface area (Å²) in [7, 11) is 0. The van der Waals surface area contributed by atoms with Crippen molar-refractivity contribution < 1.29 is 4.39 Å². The Morgan fingerprint density at radius 3 is 2.89 bits per heavy atom. The van der Waals surface area contributed by atoms with Crippen LogP contribution in [-0.4, -0.2) is 16.5 Å². The minimum atomic E-state index is -0.191. The number of aliphatic imine (C=N–C) groups is 1. The van der Waals surface area contributed by atoms with Gasteiger partial charge in [-0.1, -0.05) is 36.7 Å². The van der Waals surface area contributed by atoms with Crippen LogP contribution in [0.2, 0.25) is 0 Å². The molecule has 19 heavy (non-hydrogen) atoms. The molecule has 1 aromatic carbocycles. The lowest BCUT2D eigenvalue weighted by Crippen LogP contribution is -2.40. The number of rotatable bonds is 2. The molecule has 102 valence electrons. The quantitative estimate of drug-likeness (QED) is 0.887. The van der Waals surface area contributed by atoms with E-state index in [0.29, 0.717) is 5.54 Å². The summed E-state index contributed by atoms with van der Waals surface area (Å²) in [5.74, 6) is 0.936. The van der Waals surface area contributed by atoms with Crippen molar-refractivity contribution in [2.45, 2.75) is 44.2 Å². The van der Waals surface area contributed by atoms with E-state index in [0.717, 1.165) is 16.5 Å². The molecule has 0 bridgehead atoms. The smallest absolute Gasteiger partial charge is 0.157 e. The number of hydrogen-bond donors (Lipinski definition) is 1. The summed E-state index contributed by atoms with van der Waals surface area (Å²) in [5.41, 5.74) is 1.23. The highest BCUT2D eigenvalue weighted by atomic mass is 32.2. The van der Waals surface area contributed by atoms with Crippen molar-refractivity contribution in [2.24, 2.45) is 4.99 Å². The van der Waals surface area contributed by atoms with Gasteiger partial charge in [0.05, 0.1) is 6.04 Å². The van der Waals surface area contributed by atoms with Crippen LogP contribution in [0.5, 0.6) is 0 Å². The van der Waals surface area contributed by atoms with E-state index in [-0.39, 0.29) is 11.9 Å². The molecule has 1 heterocycles. The van der Waals surface area contributed by atoms with E-state index in [1.165, 1.54) is 31.7 Å². The third-order valence-corrected chi connectivity index (χ3v) is 5.24. The van der Waals surface area contributed by atoms with Crippen molar-refractivity contribution in [3.8, 4) is 0 Å². The van der Waals surface area contributed by atoms with E-state index < -0.39 is 0 Å². The van der Waals surface area contributed by atoms with Gasteiger partial charge in [0, 0.05) is 11.3 Å². The normalized spacial score (nSPS) is 24.8. The third-order valence-electron chi connectivity index (χ3n) is 4.06. The fourth-order valence-corrected chi connectivity index (χ4v) is 4.21. The molecule has 2 fully saturated rings. The van der Waals surface area contributed by atoms with Gasteiger partial charge in [-0.3, -0.25) is 4.99 Å². The molecule has 1 N–H and O–H groups in total. The topological polar surface area (TPSA) is 24.4 Å². The minimum Gasteiger partial charge on any atom is -0.359 e. The molecule has 1 aliphatic heterocycles. The van der Waals surface area contributed by atoms with Gasteiger partial charge in [-0.15, -0.1) is 0 Å². The second kappa shape index (κ2) is 5.16. The lowest BCUT2D eigenvalue weighted by Gasteiger charge is -2.22. The number of nitrogens with zero attached hydrogens (tertiary/aromatic N) is 1. The lowest BCUT2D eigenvalue weighted by molar-refractivity contribution is 0.452. The van der Waals surface area contributed by atoms with Crippen LogP contribution in [0, 0.1) is 5.82 Å². The number of thioether (sulfide) groups is 1. The van der Waals surface area contributed by atoms with Gasteiger partial charge in [-0.05, 0) is 37.5 Å². The average molecular weight is 278 g/mol. The van der Waals surface area contributed by atoms with Crippen LogP contribution in [0.25, 0.3) is 0 Å². The Hall–Kier alpha value is -1.03. The molecule has 1 saturated heterocycles. The van der Waals surface area contributed by atoms with Crippen molar-refractivity contribution in [3.63, 3.8) is 0 Å². The zero-order valence-electron chi connectivity index (χ0n) is 11.2. The maximum absolute atomic E-state index is 13.2. The van der Waals surface area contributed by atoms with Crippen LogP contribution in [0.4, 0.5) is 4.39 Å². The SMILES string of the molecule is CC(N=C1NC2(CCCC2)CS1)c1cccc(F)c1. The monoisotopic (exact) mass is 278 g/mol. The fourth-order valence-electron chi connectivity index (χ4n) is 2.91. The van der Waals surface area contributed by atoms with Crippen LogP contribution in [-0.2, 0) is 0 Å². The summed E-state index contributed by atoms with van der Waals surface area (Å²) < 4.78 is 13.2. The van der Waals surface area contributed by atoms with Crippen LogP contribution in [0.1, 0.15) is 44.2 Å². The van der Waals surface area contributed by atoms with E-state index in [1.807, 2.05) is 24.8 Å². The molecule has 1 unspecified atom stereocenters. The summed E-state index contributed by atoms with van der Waals surface area (Å²) in [4.78, 5) is 4.71. The molecule has 3 rings (SSSR count). The number of benzene rings is 1. The van der Waals surface area contributed by atoms with Crippen LogP contribution >= 0.6 is 11.8 Å². The maximum Gasteiger partial charge on any atom is 0.157 e. The van der Waals surface area contributed by atoms with Crippen molar-refractivity contribution in [1.29, 1.82) is 0 Å². The number of amidine groups is 1. The summed E-state index contributed by atoms with van der Waals surface area (Å²) >= 11 is 1.81. The van der Waals surface area contributed by atoms with Crippen molar-refractivity contribution in [1.82, 2.24) is 5.32 Å². The molecule has 0 radical (unpaired) electrons. The summed E-state index contributed by atoms with van der Waals surface area (Å²) in [6.45, 7) is 2.02. The molecule has 1 atom stereocenters. The van der Waals surface area contributed by atoms with Gasteiger partial charge in [0.25, 0.3) is 0 Å². The number of halogens is 1. The Kier molecular flexibility index (Phi) is 3.52. The molecule has 0 aromatic heterocycles. The Morgan fingerprint density at radius 1 is 1.37 bits per heavy atom. The lowest BCUT2D eigenvalue weighted by atomic mass is 10.0. The van der Waals surface area contributed by atoms with E-state index in [9.17, 15) is 4.39 Å². The maximum atomic E-state index is 13.2. The molecule has 1 spiro atoms. The molecule has 2 aliphatic rings. The highest BCUT2D eigenvalue weighted by Crippen LogP contribution is 2.38. The van der Waals surface area contributed by atoms with Gasteiger partial charge in [0.15, 0.2) is 5.17 Å². The predicted octanol–water partition coefficient (Wildman–Crippen LogP) is 3.89. The van der Waals surface area contributed by atoms with Crippen molar-refractivity contribution >= 4 is 16.9 Å². The molecule has 0 amide bonds. The van der Waals surface area contributed by atoms with Gasteiger partial charge in [0.1, 0.15) is 5.82 Å². The van der Waals surface area contributed by atoms with E-state index in [1.54, 1.807) is 12.1 Å². The summed E-state index contributed by atoms with van der Waals surface area (Å²) in [6, 6.07) is 6.72. The second-order valence-electron chi connectivity index (χ2n) is 5.57. The third kappa shape index (κ3) is 2.78. The molecule has 1 saturated carbocycles. The molecular formula is C15H19FN2S. The first kappa shape index (κ1) is 13.0. The van der Waals surface area contributed by atoms with Crippen LogP contribution in [0.3, 0.4) is 0 Å². The fraction of sp³-hybridized carbons (Fsp3) is 0.533. The van der Waals surface area contributed by atoms with Crippen LogP contribution in [0.15, 0.2) is 29.3 Å². The number of hydrogen-bond acceptors (Lipinski definition) is 2. The van der Waals surface area contributed by atoms with E-state index >= 15 is 0 Å². The first-order valence-electron chi connectivity index (χ1n) is 6.91. The van der Waals surface area contributed by atoms with Crippen LogP contribution < -0.4 is 5.32 Å². The molecule has 4 heteroatoms. The van der Waals surface area contributed by atoms with Gasteiger partial charge in [0.2, 0.25) is 0 Å². The highest BCUT2D eigenvalue weighted by molar-refractivity contribution is 8.14. The molecule has 1 aliphatic carbocycles. The highest BCUT2D eigenvalue weighted by Gasteiger charge is 2.39. The standard InChI is InChI=1S/C15H19FN2S/c1-11(12-5-4-6-13(16)9-12)17-14-18-15(10-19-14)7-2-3-8-15/h4-6,9,11H,2-3,7-8,10H2,1H3,(H,17,18). The van der Waals surface area contributed by atoms with E-state index in [4.69, 9.17) is 4.99 Å². The largest absolute Gasteiger partial charge is 0.359 e. The second-order valence-corrected chi connectivity index (χ2v) is 6.53. The van der Waals surface area contributed by atoms with Crippen molar-refractivity contribution in [2.75, 3.05) is 5.75 Å². The summed E-state index contributed by atoms with van der Waals surface area (Å²) in [5, 5.41) is 4.63.